The smallest absolute Gasteiger partial charge is 0.323 e. The fourth-order valence-electron chi connectivity index (χ4n) is 1.70. The van der Waals surface area contributed by atoms with Gasteiger partial charge in [0.25, 0.3) is 5.91 Å². The quantitative estimate of drug-likeness (QED) is 0.814. The minimum absolute atomic E-state index is 0.179. The van der Waals surface area contributed by atoms with E-state index in [0.717, 1.165) is 0 Å². The summed E-state index contributed by atoms with van der Waals surface area (Å²) < 4.78 is 0. The topological polar surface area (TPSA) is 70.2 Å². The summed E-state index contributed by atoms with van der Waals surface area (Å²) in [6.45, 7) is 0. The summed E-state index contributed by atoms with van der Waals surface area (Å²) in [5.41, 5.74) is 1.63. The predicted molar refractivity (Wildman–Crippen MR) is 83.9 cm³/mol. The van der Waals surface area contributed by atoms with Gasteiger partial charge in [-0.25, -0.2) is 4.79 Å². The Hall–Kier alpha value is -2.53. The van der Waals surface area contributed by atoms with Crippen molar-refractivity contribution in [1.29, 1.82) is 0 Å². The number of nitrogens with one attached hydrogen (secondary N) is 3. The molecule has 0 fully saturated rings. The van der Waals surface area contributed by atoms with Crippen LogP contribution in [0.15, 0.2) is 48.5 Å². The Morgan fingerprint density at radius 1 is 0.952 bits per heavy atom. The number of benzene rings is 2. The lowest BCUT2D eigenvalue weighted by Crippen LogP contribution is -2.20. The molecule has 2 rings (SSSR count). The number of urea groups is 1. The Balaban J connectivity index is 2.00. The van der Waals surface area contributed by atoms with Crippen molar-refractivity contribution >= 4 is 34.9 Å². The summed E-state index contributed by atoms with van der Waals surface area (Å²) in [7, 11) is 1.56. The molecule has 0 bridgehead atoms. The van der Waals surface area contributed by atoms with Crippen LogP contribution in [0.5, 0.6) is 0 Å². The number of hydrogen-bond acceptors (Lipinski definition) is 2. The van der Waals surface area contributed by atoms with E-state index in [0.29, 0.717) is 22.0 Å². The zero-order valence-electron chi connectivity index (χ0n) is 11.3. The number of carbonyl (C=O) groups is 2. The van der Waals surface area contributed by atoms with E-state index in [2.05, 4.69) is 16.0 Å². The molecule has 108 valence electrons. The minimum Gasteiger partial charge on any atom is -0.355 e. The molecule has 0 spiro atoms. The third kappa shape index (κ3) is 3.97. The van der Waals surface area contributed by atoms with Crippen molar-refractivity contribution in [2.45, 2.75) is 0 Å². The van der Waals surface area contributed by atoms with E-state index in [1.807, 2.05) is 0 Å². The van der Waals surface area contributed by atoms with Crippen LogP contribution in [-0.2, 0) is 0 Å². The van der Waals surface area contributed by atoms with Crippen LogP contribution in [0, 0.1) is 0 Å². The van der Waals surface area contributed by atoms with Gasteiger partial charge in [0.05, 0.1) is 10.7 Å². The minimum atomic E-state index is -0.407. The second-order valence-electron chi connectivity index (χ2n) is 4.22. The lowest BCUT2D eigenvalue weighted by molar-refractivity contribution is 0.0963. The van der Waals surface area contributed by atoms with Gasteiger partial charge in [-0.05, 0) is 36.4 Å². The van der Waals surface area contributed by atoms with Gasteiger partial charge in [0, 0.05) is 18.3 Å². The van der Waals surface area contributed by atoms with Crippen molar-refractivity contribution < 1.29 is 9.59 Å². The van der Waals surface area contributed by atoms with Crippen LogP contribution in [0.1, 0.15) is 10.4 Å². The molecule has 3 N–H and O–H groups in total. The lowest BCUT2D eigenvalue weighted by Gasteiger charge is -2.09. The van der Waals surface area contributed by atoms with Crippen LogP contribution in [-0.4, -0.2) is 19.0 Å². The van der Waals surface area contributed by atoms with Crippen LogP contribution in [0.25, 0.3) is 0 Å². The van der Waals surface area contributed by atoms with Gasteiger partial charge in [-0.3, -0.25) is 4.79 Å². The van der Waals surface area contributed by atoms with Crippen LogP contribution in [0.4, 0.5) is 16.2 Å². The normalized spacial score (nSPS) is 9.81. The molecule has 5 nitrogen and oxygen atoms in total. The highest BCUT2D eigenvalue weighted by Gasteiger charge is 2.06. The average molecular weight is 304 g/mol. The number of amides is 3. The van der Waals surface area contributed by atoms with Gasteiger partial charge in [0.15, 0.2) is 0 Å². The third-order valence-electron chi connectivity index (χ3n) is 2.75. The Kier molecular flexibility index (Phi) is 4.79. The van der Waals surface area contributed by atoms with Gasteiger partial charge in [0.1, 0.15) is 0 Å². The maximum absolute atomic E-state index is 11.8. The molecule has 0 heterocycles. The molecular formula is C15H14ClN3O2. The lowest BCUT2D eigenvalue weighted by atomic mass is 10.2. The molecule has 0 aliphatic carbocycles. The van der Waals surface area contributed by atoms with E-state index >= 15 is 0 Å². The van der Waals surface area contributed by atoms with Crippen molar-refractivity contribution in [3.05, 3.63) is 59.1 Å². The first kappa shape index (κ1) is 14.9. The van der Waals surface area contributed by atoms with Crippen molar-refractivity contribution in [2.24, 2.45) is 0 Å². The van der Waals surface area contributed by atoms with Crippen molar-refractivity contribution in [2.75, 3.05) is 17.7 Å². The molecule has 0 atom stereocenters. The molecule has 0 radical (unpaired) electrons. The van der Waals surface area contributed by atoms with Crippen molar-refractivity contribution in [3.8, 4) is 0 Å². The van der Waals surface area contributed by atoms with Gasteiger partial charge >= 0.3 is 6.03 Å². The molecule has 0 aromatic heterocycles. The zero-order valence-corrected chi connectivity index (χ0v) is 12.1. The molecular weight excluding hydrogens is 290 g/mol. The molecule has 0 saturated carbocycles. The highest BCUT2D eigenvalue weighted by atomic mass is 35.5. The second-order valence-corrected chi connectivity index (χ2v) is 4.62. The third-order valence-corrected chi connectivity index (χ3v) is 3.08. The van der Waals surface area contributed by atoms with Gasteiger partial charge in [0.2, 0.25) is 0 Å². The fraction of sp³-hybridized carbons (Fsp3) is 0.0667. The fourth-order valence-corrected chi connectivity index (χ4v) is 1.88. The van der Waals surface area contributed by atoms with E-state index in [1.54, 1.807) is 55.6 Å². The number of carbonyl (C=O) groups excluding carboxylic acids is 2. The van der Waals surface area contributed by atoms with Crippen LogP contribution in [0.3, 0.4) is 0 Å². The monoisotopic (exact) mass is 303 g/mol. The molecule has 0 aliphatic rings. The molecule has 0 unspecified atom stereocenters. The zero-order chi connectivity index (χ0) is 15.2. The van der Waals surface area contributed by atoms with Gasteiger partial charge in [-0.2, -0.15) is 0 Å². The second kappa shape index (κ2) is 6.76. The summed E-state index contributed by atoms with van der Waals surface area (Å²) in [5, 5.41) is 8.30. The molecule has 0 saturated heterocycles. The van der Waals surface area contributed by atoms with E-state index in [1.165, 1.54) is 0 Å². The van der Waals surface area contributed by atoms with Gasteiger partial charge < -0.3 is 16.0 Å². The Labute approximate surface area is 127 Å². The molecule has 3 amide bonds. The summed E-state index contributed by atoms with van der Waals surface area (Å²) in [6, 6.07) is 13.1. The first-order chi connectivity index (χ1) is 10.1. The summed E-state index contributed by atoms with van der Waals surface area (Å²) in [6.07, 6.45) is 0. The Bertz CT molecular complexity index is 656. The maximum Gasteiger partial charge on any atom is 0.323 e. The largest absolute Gasteiger partial charge is 0.355 e. The SMILES string of the molecule is CNC(=O)c1ccc(NC(=O)Nc2ccccc2Cl)cc1. The number of para-hydroxylation sites is 1. The Morgan fingerprint density at radius 2 is 1.62 bits per heavy atom. The highest BCUT2D eigenvalue weighted by Crippen LogP contribution is 2.20. The first-order valence-corrected chi connectivity index (χ1v) is 6.62. The average Bonchev–Trinajstić information content (AvgIpc) is 2.49. The van der Waals surface area contributed by atoms with Crippen molar-refractivity contribution in [1.82, 2.24) is 5.32 Å². The number of hydrogen-bond donors (Lipinski definition) is 3. The molecule has 2 aromatic rings. The molecule has 21 heavy (non-hydrogen) atoms. The number of anilines is 2. The van der Waals surface area contributed by atoms with E-state index in [4.69, 9.17) is 11.6 Å². The molecule has 2 aromatic carbocycles. The van der Waals surface area contributed by atoms with Crippen LogP contribution in [0.2, 0.25) is 5.02 Å². The number of rotatable bonds is 3. The van der Waals surface area contributed by atoms with Crippen LogP contribution < -0.4 is 16.0 Å². The van der Waals surface area contributed by atoms with Crippen LogP contribution >= 0.6 is 11.6 Å². The van der Waals surface area contributed by atoms with E-state index < -0.39 is 6.03 Å². The van der Waals surface area contributed by atoms with Crippen molar-refractivity contribution in [3.63, 3.8) is 0 Å². The predicted octanol–water partition coefficient (Wildman–Crippen LogP) is 3.34. The summed E-state index contributed by atoms with van der Waals surface area (Å²) >= 11 is 5.96. The summed E-state index contributed by atoms with van der Waals surface area (Å²) in [5.74, 6) is -0.179. The van der Waals surface area contributed by atoms with Gasteiger partial charge in [-0.1, -0.05) is 23.7 Å². The molecule has 0 aliphatic heterocycles. The summed E-state index contributed by atoms with van der Waals surface area (Å²) in [4.78, 5) is 23.2. The van der Waals surface area contributed by atoms with E-state index in [-0.39, 0.29) is 5.91 Å². The maximum atomic E-state index is 11.8. The highest BCUT2D eigenvalue weighted by molar-refractivity contribution is 6.33. The molecule has 6 heteroatoms. The Morgan fingerprint density at radius 3 is 2.24 bits per heavy atom. The first-order valence-electron chi connectivity index (χ1n) is 6.25. The number of halogens is 1. The van der Waals surface area contributed by atoms with Gasteiger partial charge in [-0.15, -0.1) is 0 Å². The standard InChI is InChI=1S/C15H14ClN3O2/c1-17-14(20)10-6-8-11(9-7-10)18-15(21)19-13-5-3-2-4-12(13)16/h2-9H,1H3,(H,17,20)(H2,18,19,21). The van der Waals surface area contributed by atoms with E-state index in [9.17, 15) is 9.59 Å².